The number of carbonyl (C=O) groups excluding carboxylic acids is 1. The van der Waals surface area contributed by atoms with Crippen molar-refractivity contribution in [1.29, 1.82) is 0 Å². The van der Waals surface area contributed by atoms with Gasteiger partial charge in [0.15, 0.2) is 0 Å². The standard InChI is InChI=1S/C25H37NO4/c1-30-26-21(27)17-5-16-6-18-11-23(10-16,12-19(18)8-17)24-9-15-3-2-4-25(14-24,22(28)29)20(7-15)13-24/h15-20H,2-14H2,1H3,(H,26,27)(H,28,29). The minimum atomic E-state index is -0.491. The highest BCUT2D eigenvalue weighted by Gasteiger charge is 2.71. The van der Waals surface area contributed by atoms with Gasteiger partial charge in [0.05, 0.1) is 12.5 Å². The molecule has 30 heavy (non-hydrogen) atoms. The van der Waals surface area contributed by atoms with E-state index in [9.17, 15) is 14.7 Å². The van der Waals surface area contributed by atoms with Gasteiger partial charge in [-0.05, 0) is 111 Å². The summed E-state index contributed by atoms with van der Waals surface area (Å²) in [5, 5.41) is 10.4. The molecule has 6 aliphatic rings. The summed E-state index contributed by atoms with van der Waals surface area (Å²) in [5.74, 6) is 2.84. The first-order valence-electron chi connectivity index (χ1n) is 12.4. The third-order valence-electron chi connectivity index (χ3n) is 11.2. The number of amides is 1. The normalized spacial score (nSPS) is 53.4. The van der Waals surface area contributed by atoms with Gasteiger partial charge in [-0.1, -0.05) is 12.8 Å². The third-order valence-corrected chi connectivity index (χ3v) is 11.2. The van der Waals surface area contributed by atoms with Crippen LogP contribution in [0.3, 0.4) is 0 Å². The van der Waals surface area contributed by atoms with Crippen molar-refractivity contribution in [2.24, 2.45) is 51.8 Å². The van der Waals surface area contributed by atoms with E-state index >= 15 is 0 Å². The largest absolute Gasteiger partial charge is 0.481 e. The van der Waals surface area contributed by atoms with E-state index in [4.69, 9.17) is 4.84 Å². The summed E-state index contributed by atoms with van der Waals surface area (Å²) in [5.41, 5.74) is 2.76. The molecule has 5 nitrogen and oxygen atoms in total. The van der Waals surface area contributed by atoms with Crippen molar-refractivity contribution in [3.8, 4) is 0 Å². The number of carbonyl (C=O) groups is 2. The molecule has 9 unspecified atom stereocenters. The molecule has 9 atom stereocenters. The number of aliphatic carboxylic acids is 1. The summed E-state index contributed by atoms with van der Waals surface area (Å²) in [7, 11) is 1.52. The molecule has 6 aliphatic carbocycles. The van der Waals surface area contributed by atoms with Crippen molar-refractivity contribution < 1.29 is 19.5 Å². The fourth-order valence-electron chi connectivity index (χ4n) is 10.5. The van der Waals surface area contributed by atoms with Crippen LogP contribution in [-0.4, -0.2) is 24.1 Å². The summed E-state index contributed by atoms with van der Waals surface area (Å²) in [6, 6.07) is 0. The lowest BCUT2D eigenvalue weighted by atomic mass is 9.50. The van der Waals surface area contributed by atoms with Crippen LogP contribution in [0, 0.1) is 51.8 Å². The molecular weight excluding hydrogens is 378 g/mol. The van der Waals surface area contributed by atoms with Gasteiger partial charge in [0.1, 0.15) is 0 Å². The van der Waals surface area contributed by atoms with Crippen molar-refractivity contribution in [2.45, 2.75) is 83.5 Å². The van der Waals surface area contributed by atoms with E-state index < -0.39 is 11.4 Å². The number of hydroxylamine groups is 1. The Hall–Kier alpha value is -1.10. The van der Waals surface area contributed by atoms with E-state index in [1.54, 1.807) is 0 Å². The minimum Gasteiger partial charge on any atom is -0.481 e. The van der Waals surface area contributed by atoms with Gasteiger partial charge in [0.25, 0.3) is 0 Å². The lowest BCUT2D eigenvalue weighted by Gasteiger charge is -2.55. The van der Waals surface area contributed by atoms with Gasteiger partial charge in [-0.15, -0.1) is 0 Å². The van der Waals surface area contributed by atoms with Crippen LogP contribution in [0.4, 0.5) is 0 Å². The second kappa shape index (κ2) is 6.46. The Morgan fingerprint density at radius 3 is 2.47 bits per heavy atom. The molecule has 0 radical (unpaired) electrons. The highest BCUT2D eigenvalue weighted by Crippen LogP contribution is 2.77. The quantitative estimate of drug-likeness (QED) is 0.660. The Labute approximate surface area is 179 Å². The number of hydrogen-bond donors (Lipinski definition) is 2. The van der Waals surface area contributed by atoms with E-state index in [0.29, 0.717) is 23.2 Å². The lowest BCUT2D eigenvalue weighted by molar-refractivity contribution is -0.152. The predicted molar refractivity (Wildman–Crippen MR) is 111 cm³/mol. The van der Waals surface area contributed by atoms with Crippen LogP contribution < -0.4 is 5.48 Å². The van der Waals surface area contributed by atoms with Gasteiger partial charge in [-0.3, -0.25) is 14.4 Å². The Morgan fingerprint density at radius 1 is 0.933 bits per heavy atom. The summed E-state index contributed by atoms with van der Waals surface area (Å²) < 4.78 is 0. The number of nitrogens with one attached hydrogen (secondary N) is 1. The van der Waals surface area contributed by atoms with E-state index in [2.05, 4.69) is 5.48 Å². The molecule has 0 aliphatic heterocycles. The molecule has 0 spiro atoms. The molecule has 2 N–H and O–H groups in total. The van der Waals surface area contributed by atoms with E-state index in [0.717, 1.165) is 43.9 Å². The van der Waals surface area contributed by atoms with Gasteiger partial charge in [-0.25, -0.2) is 5.48 Å². The summed E-state index contributed by atoms with van der Waals surface area (Å²) >= 11 is 0. The number of hydrogen-bond acceptors (Lipinski definition) is 3. The Balaban J connectivity index is 1.34. The zero-order valence-corrected chi connectivity index (χ0v) is 18.3. The van der Waals surface area contributed by atoms with E-state index in [1.807, 2.05) is 0 Å². The topological polar surface area (TPSA) is 75.6 Å². The van der Waals surface area contributed by atoms with Gasteiger partial charge >= 0.3 is 5.97 Å². The van der Waals surface area contributed by atoms with Crippen LogP contribution in [0.1, 0.15) is 83.5 Å². The molecule has 6 saturated carbocycles. The van der Waals surface area contributed by atoms with Crippen molar-refractivity contribution in [3.63, 3.8) is 0 Å². The fourth-order valence-corrected chi connectivity index (χ4v) is 10.5. The smallest absolute Gasteiger partial charge is 0.309 e. The highest BCUT2D eigenvalue weighted by atomic mass is 16.6. The average molecular weight is 416 g/mol. The van der Waals surface area contributed by atoms with Gasteiger partial charge in [0, 0.05) is 5.92 Å². The van der Waals surface area contributed by atoms with Crippen molar-refractivity contribution in [3.05, 3.63) is 0 Å². The predicted octanol–water partition coefficient (Wildman–Crippen LogP) is 4.56. The molecule has 0 aromatic carbocycles. The molecule has 0 aromatic rings. The monoisotopic (exact) mass is 415 g/mol. The molecule has 0 saturated heterocycles. The maximum absolute atomic E-state index is 12.6. The van der Waals surface area contributed by atoms with E-state index in [-0.39, 0.29) is 17.2 Å². The van der Waals surface area contributed by atoms with Crippen LogP contribution in [0.15, 0.2) is 0 Å². The summed E-state index contributed by atoms with van der Waals surface area (Å²) in [6.45, 7) is 0. The SMILES string of the molecule is CONC(=O)C1CC2CC3CC(C45CC6CCCC(C(=O)O)(C4)C(C6)C5)(C2)CC3C1. The average Bonchev–Trinajstić information content (AvgIpc) is 2.98. The molecular formula is C25H37NO4. The Morgan fingerprint density at radius 2 is 1.70 bits per heavy atom. The van der Waals surface area contributed by atoms with Gasteiger partial charge in [0.2, 0.25) is 5.91 Å². The third kappa shape index (κ3) is 2.50. The number of carboxylic acids is 1. The Bertz CT molecular complexity index is 764. The van der Waals surface area contributed by atoms with Crippen LogP contribution in [0.25, 0.3) is 0 Å². The zero-order valence-electron chi connectivity index (χ0n) is 18.3. The lowest BCUT2D eigenvalue weighted by Crippen LogP contribution is -2.46. The molecule has 166 valence electrons. The first-order valence-corrected chi connectivity index (χ1v) is 12.4. The second-order valence-electron chi connectivity index (χ2n) is 12.4. The Kier molecular flexibility index (Phi) is 4.22. The van der Waals surface area contributed by atoms with Crippen LogP contribution in [0.5, 0.6) is 0 Å². The first kappa shape index (κ1) is 19.6. The molecule has 5 heteroatoms. The van der Waals surface area contributed by atoms with E-state index in [1.165, 1.54) is 58.5 Å². The second-order valence-corrected chi connectivity index (χ2v) is 12.4. The fraction of sp³-hybridized carbons (Fsp3) is 0.920. The zero-order chi connectivity index (χ0) is 20.7. The summed E-state index contributed by atoms with van der Waals surface area (Å²) in [4.78, 5) is 30.1. The van der Waals surface area contributed by atoms with Crippen molar-refractivity contribution >= 4 is 11.9 Å². The number of carboxylic acid groups (broad SMARTS) is 1. The van der Waals surface area contributed by atoms with Crippen molar-refractivity contribution in [1.82, 2.24) is 5.48 Å². The van der Waals surface area contributed by atoms with Crippen LogP contribution >= 0.6 is 0 Å². The van der Waals surface area contributed by atoms with Crippen LogP contribution in [0.2, 0.25) is 0 Å². The molecule has 1 amide bonds. The first-order chi connectivity index (χ1) is 14.4. The maximum Gasteiger partial charge on any atom is 0.309 e. The van der Waals surface area contributed by atoms with Crippen LogP contribution in [-0.2, 0) is 14.4 Å². The molecule has 6 rings (SSSR count). The highest BCUT2D eigenvalue weighted by molar-refractivity contribution is 5.77. The number of rotatable bonds is 4. The number of fused-ring (bicyclic) bond motifs is 5. The molecule has 0 aromatic heterocycles. The van der Waals surface area contributed by atoms with Crippen molar-refractivity contribution in [2.75, 3.05) is 7.11 Å². The minimum absolute atomic E-state index is 0.0682. The molecule has 0 heterocycles. The summed E-state index contributed by atoms with van der Waals surface area (Å²) in [6.07, 6.45) is 15.0. The maximum atomic E-state index is 12.6. The van der Waals surface area contributed by atoms with Gasteiger partial charge < -0.3 is 5.11 Å². The molecule has 6 fully saturated rings. The van der Waals surface area contributed by atoms with Gasteiger partial charge in [-0.2, -0.15) is 0 Å². The molecule has 6 bridgehead atoms.